The van der Waals surface area contributed by atoms with Gasteiger partial charge in [0.15, 0.2) is 0 Å². The van der Waals surface area contributed by atoms with E-state index in [1.165, 1.54) is 0 Å². The Morgan fingerprint density at radius 3 is 2.28 bits per heavy atom. The van der Waals surface area contributed by atoms with Gasteiger partial charge in [0.25, 0.3) is 0 Å². The lowest BCUT2D eigenvalue weighted by Crippen LogP contribution is -2.55. The maximum absolute atomic E-state index is 11.2. The Kier molecular flexibility index (Phi) is 7.05. The van der Waals surface area contributed by atoms with Crippen molar-refractivity contribution >= 4 is 17.4 Å². The van der Waals surface area contributed by atoms with Gasteiger partial charge in [0.05, 0.1) is 6.61 Å². The zero-order valence-corrected chi connectivity index (χ0v) is 16.8. The molecule has 5 atom stereocenters. The lowest BCUT2D eigenvalue weighted by Gasteiger charge is -2.40. The topological polar surface area (TPSA) is 107 Å². The fourth-order valence-electron chi connectivity index (χ4n) is 3.57. The molecule has 0 aliphatic carbocycles. The van der Waals surface area contributed by atoms with Crippen LogP contribution in [-0.2, 0) is 22.4 Å². The summed E-state index contributed by atoms with van der Waals surface area (Å²) in [5, 5.41) is 40.3. The predicted octanol–water partition coefficient (Wildman–Crippen LogP) is 1.58. The van der Waals surface area contributed by atoms with Crippen LogP contribution in [0.3, 0.4) is 0 Å². The van der Waals surface area contributed by atoms with Crippen LogP contribution < -0.4 is 0 Å². The summed E-state index contributed by atoms with van der Waals surface area (Å²) in [4.78, 5) is 11.2. The third kappa shape index (κ3) is 5.04. The molecular formula is C22H25ClO6. The number of carbonyl (C=O) groups is 1. The Bertz CT molecular complexity index is 851. The largest absolute Gasteiger partial charge is 0.394 e. The second kappa shape index (κ2) is 9.34. The van der Waals surface area contributed by atoms with E-state index in [1.807, 2.05) is 24.3 Å². The van der Waals surface area contributed by atoms with Crippen LogP contribution in [0.25, 0.3) is 0 Å². The van der Waals surface area contributed by atoms with E-state index >= 15 is 0 Å². The number of Topliss-reactive ketones (excluding diaryl/α,β-unsaturated/α-hetero) is 1. The van der Waals surface area contributed by atoms with Crippen LogP contribution in [0.5, 0.6) is 0 Å². The average molecular weight is 421 g/mol. The van der Waals surface area contributed by atoms with Crippen LogP contribution in [0, 0.1) is 0 Å². The van der Waals surface area contributed by atoms with E-state index in [1.54, 1.807) is 25.1 Å². The highest BCUT2D eigenvalue weighted by atomic mass is 35.5. The first-order valence-electron chi connectivity index (χ1n) is 9.46. The molecule has 2 aromatic rings. The molecule has 1 aliphatic heterocycles. The second-order valence-corrected chi connectivity index (χ2v) is 7.88. The summed E-state index contributed by atoms with van der Waals surface area (Å²) in [6.07, 6.45) is -5.11. The Hall–Kier alpha value is -1.80. The lowest BCUT2D eigenvalue weighted by molar-refractivity contribution is -0.231. The van der Waals surface area contributed by atoms with E-state index in [0.717, 1.165) is 16.7 Å². The first-order valence-corrected chi connectivity index (χ1v) is 9.84. The molecule has 4 N–H and O–H groups in total. The van der Waals surface area contributed by atoms with Gasteiger partial charge in [-0.2, -0.15) is 0 Å². The van der Waals surface area contributed by atoms with Gasteiger partial charge in [0.1, 0.15) is 36.3 Å². The Balaban J connectivity index is 1.81. The number of benzene rings is 2. The number of ether oxygens (including phenoxy) is 1. The third-order valence-corrected chi connectivity index (χ3v) is 5.53. The number of aliphatic hydroxyl groups excluding tert-OH is 4. The number of halogens is 1. The first-order chi connectivity index (χ1) is 13.8. The van der Waals surface area contributed by atoms with Crippen LogP contribution in [0.1, 0.15) is 35.3 Å². The Morgan fingerprint density at radius 2 is 1.66 bits per heavy atom. The smallest absolute Gasteiger partial charge is 0.134 e. The Labute approximate surface area is 174 Å². The zero-order valence-electron chi connectivity index (χ0n) is 16.0. The summed E-state index contributed by atoms with van der Waals surface area (Å²) in [5.41, 5.74) is 3.35. The first kappa shape index (κ1) is 21.9. The fourth-order valence-corrected chi connectivity index (χ4v) is 3.75. The highest BCUT2D eigenvalue weighted by Crippen LogP contribution is 2.34. The molecule has 29 heavy (non-hydrogen) atoms. The minimum atomic E-state index is -1.43. The van der Waals surface area contributed by atoms with E-state index in [9.17, 15) is 25.2 Å². The minimum Gasteiger partial charge on any atom is -0.394 e. The lowest BCUT2D eigenvalue weighted by atomic mass is 9.90. The van der Waals surface area contributed by atoms with E-state index in [2.05, 4.69) is 0 Å². The van der Waals surface area contributed by atoms with Crippen molar-refractivity contribution in [3.8, 4) is 0 Å². The van der Waals surface area contributed by atoms with E-state index < -0.39 is 37.1 Å². The number of hydrogen-bond donors (Lipinski definition) is 4. The van der Waals surface area contributed by atoms with Crippen molar-refractivity contribution in [2.75, 3.05) is 6.61 Å². The SMILES string of the molecule is CC(=O)Cc1ccc(Cc2cc([C@@H]3O[C@H](CO)[C@@H](O)[C@H](O)[C@H]3O)ccc2Cl)cc1. The summed E-state index contributed by atoms with van der Waals surface area (Å²) in [6, 6.07) is 12.9. The summed E-state index contributed by atoms with van der Waals surface area (Å²) in [5.74, 6) is 0.105. The molecule has 0 spiro atoms. The molecule has 156 valence electrons. The van der Waals surface area contributed by atoms with Crippen LogP contribution in [0.15, 0.2) is 42.5 Å². The van der Waals surface area contributed by atoms with Crippen molar-refractivity contribution in [2.24, 2.45) is 0 Å². The van der Waals surface area contributed by atoms with Crippen molar-refractivity contribution < 1.29 is 30.0 Å². The molecule has 1 saturated heterocycles. The Morgan fingerprint density at radius 1 is 1.00 bits per heavy atom. The van der Waals surface area contributed by atoms with Gasteiger partial charge in [-0.1, -0.05) is 48.0 Å². The molecule has 0 unspecified atom stereocenters. The maximum atomic E-state index is 11.2. The molecule has 0 radical (unpaired) electrons. The van der Waals surface area contributed by atoms with Crippen LogP contribution in [0.2, 0.25) is 5.02 Å². The molecule has 0 aromatic heterocycles. The van der Waals surface area contributed by atoms with Crippen molar-refractivity contribution in [3.63, 3.8) is 0 Å². The van der Waals surface area contributed by atoms with Crippen LogP contribution in [-0.4, -0.2) is 57.2 Å². The number of ketones is 1. The molecule has 0 saturated carbocycles. The van der Waals surface area contributed by atoms with Gasteiger partial charge in [-0.3, -0.25) is 4.79 Å². The van der Waals surface area contributed by atoms with Gasteiger partial charge in [-0.25, -0.2) is 0 Å². The molecule has 2 aromatic carbocycles. The van der Waals surface area contributed by atoms with Gasteiger partial charge in [-0.05, 0) is 41.7 Å². The van der Waals surface area contributed by atoms with Crippen LogP contribution in [0.4, 0.5) is 0 Å². The third-order valence-electron chi connectivity index (χ3n) is 5.16. The van der Waals surface area contributed by atoms with Crippen molar-refractivity contribution in [3.05, 3.63) is 69.7 Å². The average Bonchev–Trinajstić information content (AvgIpc) is 2.69. The molecule has 3 rings (SSSR count). The molecule has 0 bridgehead atoms. The van der Waals surface area contributed by atoms with E-state index in [-0.39, 0.29) is 5.78 Å². The molecule has 6 nitrogen and oxygen atoms in total. The number of rotatable bonds is 6. The quantitative estimate of drug-likeness (QED) is 0.565. The summed E-state index contributed by atoms with van der Waals surface area (Å²) in [7, 11) is 0. The van der Waals surface area contributed by atoms with Gasteiger partial charge in [0, 0.05) is 11.4 Å². The summed E-state index contributed by atoms with van der Waals surface area (Å²) < 4.78 is 5.63. The van der Waals surface area contributed by atoms with Crippen molar-refractivity contribution in [1.29, 1.82) is 0 Å². The molecule has 1 aliphatic rings. The van der Waals surface area contributed by atoms with Crippen LogP contribution >= 0.6 is 11.6 Å². The highest BCUT2D eigenvalue weighted by molar-refractivity contribution is 6.31. The van der Waals surface area contributed by atoms with Crippen molar-refractivity contribution in [2.45, 2.75) is 50.3 Å². The number of aliphatic hydroxyl groups is 4. The van der Waals surface area contributed by atoms with E-state index in [4.69, 9.17) is 16.3 Å². The second-order valence-electron chi connectivity index (χ2n) is 7.47. The van der Waals surface area contributed by atoms with Gasteiger partial charge in [0.2, 0.25) is 0 Å². The molecule has 7 heteroatoms. The van der Waals surface area contributed by atoms with Gasteiger partial charge < -0.3 is 25.2 Å². The minimum absolute atomic E-state index is 0.105. The van der Waals surface area contributed by atoms with Gasteiger partial charge >= 0.3 is 0 Å². The van der Waals surface area contributed by atoms with E-state index in [0.29, 0.717) is 23.4 Å². The predicted molar refractivity (Wildman–Crippen MR) is 108 cm³/mol. The molecule has 0 amide bonds. The molecule has 1 heterocycles. The highest BCUT2D eigenvalue weighted by Gasteiger charge is 2.43. The summed E-state index contributed by atoms with van der Waals surface area (Å²) >= 11 is 6.35. The molecular weight excluding hydrogens is 396 g/mol. The zero-order chi connectivity index (χ0) is 21.1. The molecule has 1 fully saturated rings. The maximum Gasteiger partial charge on any atom is 0.134 e. The monoisotopic (exact) mass is 420 g/mol. The fraction of sp³-hybridized carbons (Fsp3) is 0.409. The van der Waals surface area contributed by atoms with Gasteiger partial charge in [-0.15, -0.1) is 0 Å². The number of hydrogen-bond acceptors (Lipinski definition) is 6. The normalized spacial score (nSPS) is 27.0. The summed E-state index contributed by atoms with van der Waals surface area (Å²) in [6.45, 7) is 1.08. The standard InChI is InChI=1S/C22H25ClO6/c1-12(25)8-13-2-4-14(5-3-13)9-16-10-15(6-7-17(16)23)22-21(28)20(27)19(26)18(11-24)29-22/h2-7,10,18-22,24,26-28H,8-9,11H2,1H3/t18-,19-,20+,21-,22+/m1/s1. The number of carbonyl (C=O) groups excluding carboxylic acids is 1. The van der Waals surface area contributed by atoms with Crippen molar-refractivity contribution in [1.82, 2.24) is 0 Å².